The molecule has 0 aliphatic carbocycles. The maximum Gasteiger partial charge on any atom is 0.317 e. The maximum absolute atomic E-state index is 12.4. The van der Waals surface area contributed by atoms with Gasteiger partial charge in [0, 0.05) is 19.7 Å². The van der Waals surface area contributed by atoms with E-state index in [4.69, 9.17) is 0 Å². The van der Waals surface area contributed by atoms with Gasteiger partial charge in [-0.15, -0.1) is 0 Å². The van der Waals surface area contributed by atoms with Crippen LogP contribution in [-0.2, 0) is 6.42 Å². The first-order valence-electron chi connectivity index (χ1n) is 8.18. The zero-order valence-corrected chi connectivity index (χ0v) is 13.9. The second-order valence-electron chi connectivity index (χ2n) is 6.98. The van der Waals surface area contributed by atoms with Crippen LogP contribution in [0, 0.1) is 5.41 Å². The van der Waals surface area contributed by atoms with Crippen LogP contribution >= 0.6 is 0 Å². The van der Waals surface area contributed by atoms with Crippen molar-refractivity contribution >= 4 is 6.03 Å². The molecule has 1 aliphatic heterocycles. The van der Waals surface area contributed by atoms with Crippen LogP contribution in [0.5, 0.6) is 0 Å². The maximum atomic E-state index is 12.4. The smallest absolute Gasteiger partial charge is 0.317 e. The fourth-order valence-electron chi connectivity index (χ4n) is 2.99. The highest BCUT2D eigenvalue weighted by atomic mass is 16.3. The van der Waals surface area contributed by atoms with E-state index in [-0.39, 0.29) is 24.1 Å². The number of rotatable bonds is 5. The Morgan fingerprint density at radius 1 is 1.41 bits per heavy atom. The molecule has 22 heavy (non-hydrogen) atoms. The van der Waals surface area contributed by atoms with Crippen LogP contribution in [0.3, 0.4) is 0 Å². The number of amides is 2. The number of fused-ring (bicyclic) bond motifs is 1. The number of carbonyl (C=O) groups excluding carboxylic acids is 1. The van der Waals surface area contributed by atoms with E-state index < -0.39 is 0 Å². The average Bonchev–Trinajstić information content (AvgIpc) is 2.52. The third-order valence-corrected chi connectivity index (χ3v) is 4.59. The molecule has 0 saturated heterocycles. The molecule has 4 nitrogen and oxygen atoms in total. The molecule has 2 rings (SSSR count). The number of carbonyl (C=O) groups is 1. The van der Waals surface area contributed by atoms with Crippen molar-refractivity contribution in [2.75, 3.05) is 19.7 Å². The van der Waals surface area contributed by atoms with E-state index in [9.17, 15) is 9.90 Å². The lowest BCUT2D eigenvalue weighted by Gasteiger charge is -2.35. The van der Waals surface area contributed by atoms with Crippen molar-refractivity contribution in [3.63, 3.8) is 0 Å². The number of aliphatic hydroxyl groups is 1. The molecule has 4 heteroatoms. The van der Waals surface area contributed by atoms with Crippen LogP contribution in [0.1, 0.15) is 50.8 Å². The van der Waals surface area contributed by atoms with Gasteiger partial charge in [0.05, 0.1) is 6.04 Å². The largest absolute Gasteiger partial charge is 0.396 e. The molecule has 0 saturated carbocycles. The van der Waals surface area contributed by atoms with Gasteiger partial charge in [0.1, 0.15) is 0 Å². The van der Waals surface area contributed by atoms with Crippen LogP contribution in [0.2, 0.25) is 0 Å². The van der Waals surface area contributed by atoms with Gasteiger partial charge in [-0.05, 0) is 42.7 Å². The summed E-state index contributed by atoms with van der Waals surface area (Å²) in [6.45, 7) is 7.78. The Bertz CT molecular complexity index is 514. The summed E-state index contributed by atoms with van der Waals surface area (Å²) in [6, 6.07) is 8.50. The van der Waals surface area contributed by atoms with Crippen molar-refractivity contribution in [3.8, 4) is 0 Å². The first-order valence-corrected chi connectivity index (χ1v) is 8.18. The third kappa shape index (κ3) is 4.01. The van der Waals surface area contributed by atoms with Crippen LogP contribution in [0.25, 0.3) is 0 Å². The summed E-state index contributed by atoms with van der Waals surface area (Å²) in [5, 5.41) is 12.3. The van der Waals surface area contributed by atoms with Crippen LogP contribution < -0.4 is 5.32 Å². The van der Waals surface area contributed by atoms with Gasteiger partial charge in [0.25, 0.3) is 0 Å². The summed E-state index contributed by atoms with van der Waals surface area (Å²) in [4.78, 5) is 14.3. The van der Waals surface area contributed by atoms with Gasteiger partial charge in [-0.2, -0.15) is 0 Å². The Kier molecular flexibility index (Phi) is 5.46. The summed E-state index contributed by atoms with van der Waals surface area (Å²) < 4.78 is 0. The highest BCUT2D eigenvalue weighted by molar-refractivity contribution is 5.75. The number of nitrogens with one attached hydrogen (secondary N) is 1. The molecule has 0 fully saturated rings. The molecule has 1 aliphatic rings. The third-order valence-electron chi connectivity index (χ3n) is 4.59. The average molecular weight is 304 g/mol. The Morgan fingerprint density at radius 2 is 2.14 bits per heavy atom. The van der Waals surface area contributed by atoms with Gasteiger partial charge in [-0.25, -0.2) is 4.79 Å². The quantitative estimate of drug-likeness (QED) is 0.821. The first-order chi connectivity index (χ1) is 10.4. The number of nitrogens with zero attached hydrogens (tertiary/aromatic N) is 1. The van der Waals surface area contributed by atoms with Gasteiger partial charge < -0.3 is 15.3 Å². The zero-order chi connectivity index (χ0) is 16.2. The second kappa shape index (κ2) is 7.14. The summed E-state index contributed by atoms with van der Waals surface area (Å²) in [6.07, 6.45) is 2.71. The molecule has 0 aromatic heterocycles. The second-order valence-corrected chi connectivity index (χ2v) is 6.98. The highest BCUT2D eigenvalue weighted by Gasteiger charge is 2.27. The highest BCUT2D eigenvalue weighted by Crippen LogP contribution is 2.29. The van der Waals surface area contributed by atoms with E-state index in [1.807, 2.05) is 24.8 Å². The number of hydrogen-bond acceptors (Lipinski definition) is 2. The molecule has 2 N–H and O–H groups in total. The molecule has 1 aromatic carbocycles. The fraction of sp³-hybridized carbons (Fsp3) is 0.611. The normalized spacial score (nSPS) is 18.0. The monoisotopic (exact) mass is 304 g/mol. The summed E-state index contributed by atoms with van der Waals surface area (Å²) in [7, 11) is 0. The molecule has 122 valence electrons. The van der Waals surface area contributed by atoms with Crippen molar-refractivity contribution in [1.82, 2.24) is 10.2 Å². The van der Waals surface area contributed by atoms with E-state index in [2.05, 4.69) is 30.4 Å². The van der Waals surface area contributed by atoms with E-state index in [1.54, 1.807) is 0 Å². The van der Waals surface area contributed by atoms with Gasteiger partial charge in [-0.3, -0.25) is 0 Å². The lowest BCUT2D eigenvalue weighted by atomic mass is 9.89. The summed E-state index contributed by atoms with van der Waals surface area (Å²) in [5.41, 5.74) is 2.54. The van der Waals surface area contributed by atoms with Gasteiger partial charge >= 0.3 is 6.03 Å². The Balaban J connectivity index is 1.84. The Hall–Kier alpha value is -1.55. The van der Waals surface area contributed by atoms with Gasteiger partial charge in [0.2, 0.25) is 0 Å². The molecule has 0 spiro atoms. The van der Waals surface area contributed by atoms with E-state index in [0.29, 0.717) is 6.54 Å². The van der Waals surface area contributed by atoms with E-state index in [0.717, 1.165) is 25.8 Å². The molecular formula is C18H28N2O2. The van der Waals surface area contributed by atoms with Crippen molar-refractivity contribution < 1.29 is 9.90 Å². The number of urea groups is 1. The number of hydrogen-bond donors (Lipinski definition) is 2. The molecular weight excluding hydrogens is 276 g/mol. The predicted molar refractivity (Wildman–Crippen MR) is 88.8 cm³/mol. The number of benzene rings is 1. The molecule has 0 radical (unpaired) electrons. The standard InChI is InChI=1S/C18H28N2O2/c1-14-16-8-5-4-7-15(16)9-12-20(14)17(22)19-11-6-10-18(2,3)13-21/h4-5,7-8,14,21H,6,9-13H2,1-3H3,(H,19,22). The van der Waals surface area contributed by atoms with Crippen molar-refractivity contribution in [3.05, 3.63) is 35.4 Å². The van der Waals surface area contributed by atoms with Crippen molar-refractivity contribution in [2.45, 2.75) is 46.1 Å². The Labute approximate surface area is 133 Å². The van der Waals surface area contributed by atoms with Crippen molar-refractivity contribution in [1.29, 1.82) is 0 Å². The molecule has 1 aromatic rings. The lowest BCUT2D eigenvalue weighted by Crippen LogP contribution is -2.45. The fourth-order valence-corrected chi connectivity index (χ4v) is 2.99. The molecule has 1 heterocycles. The zero-order valence-electron chi connectivity index (χ0n) is 13.9. The Morgan fingerprint density at radius 3 is 2.86 bits per heavy atom. The molecule has 1 unspecified atom stereocenters. The topological polar surface area (TPSA) is 52.6 Å². The molecule has 0 bridgehead atoms. The summed E-state index contributed by atoms with van der Waals surface area (Å²) >= 11 is 0. The van der Waals surface area contributed by atoms with Gasteiger partial charge in [0.15, 0.2) is 0 Å². The van der Waals surface area contributed by atoms with Crippen molar-refractivity contribution in [2.24, 2.45) is 5.41 Å². The predicted octanol–water partition coefficient (Wildman–Crippen LogP) is 3.11. The van der Waals surface area contributed by atoms with E-state index in [1.165, 1.54) is 11.1 Å². The van der Waals surface area contributed by atoms with Crippen LogP contribution in [-0.4, -0.2) is 35.7 Å². The summed E-state index contributed by atoms with van der Waals surface area (Å²) in [5.74, 6) is 0. The molecule has 2 amide bonds. The lowest BCUT2D eigenvalue weighted by molar-refractivity contribution is 0.146. The first kappa shape index (κ1) is 16.8. The van der Waals surface area contributed by atoms with Gasteiger partial charge in [-0.1, -0.05) is 38.1 Å². The minimum absolute atomic E-state index is 0.0174. The van der Waals surface area contributed by atoms with E-state index >= 15 is 0 Å². The molecule has 1 atom stereocenters. The van der Waals surface area contributed by atoms with Crippen LogP contribution in [0.4, 0.5) is 4.79 Å². The minimum Gasteiger partial charge on any atom is -0.396 e. The minimum atomic E-state index is -0.0674. The SMILES string of the molecule is CC1c2ccccc2CCN1C(=O)NCCCC(C)(C)CO. The number of aliphatic hydroxyl groups excluding tert-OH is 1. The van der Waals surface area contributed by atoms with Crippen LogP contribution in [0.15, 0.2) is 24.3 Å².